The molecule has 0 spiro atoms. The van der Waals surface area contributed by atoms with Crippen LogP contribution in [-0.4, -0.2) is 18.1 Å². The van der Waals surface area contributed by atoms with Gasteiger partial charge >= 0.3 is 12.1 Å². The van der Waals surface area contributed by atoms with Gasteiger partial charge in [0.2, 0.25) is 0 Å². The molecule has 1 rings (SSSR count). The number of alkyl halides is 5. The van der Waals surface area contributed by atoms with Gasteiger partial charge in [0, 0.05) is 11.8 Å². The highest BCUT2D eigenvalue weighted by atomic mass is 19.4. The fourth-order valence-corrected chi connectivity index (χ4v) is 1.51. The standard InChI is InChI=1S/C11H7F5N2O2/c1-20-7(19)2-5-4-18-9(11(14,15)16)6(3-17)8(5)10(12)13/h4,10H,2H2,1H3. The van der Waals surface area contributed by atoms with Gasteiger partial charge in [-0.2, -0.15) is 18.4 Å². The van der Waals surface area contributed by atoms with Crippen LogP contribution in [0.1, 0.15) is 28.8 Å². The zero-order valence-corrected chi connectivity index (χ0v) is 9.96. The van der Waals surface area contributed by atoms with Crippen LogP contribution in [0.3, 0.4) is 0 Å². The van der Waals surface area contributed by atoms with E-state index in [9.17, 15) is 26.7 Å². The number of carbonyl (C=O) groups excluding carboxylic acids is 1. The van der Waals surface area contributed by atoms with Crippen LogP contribution >= 0.6 is 0 Å². The number of halogens is 5. The van der Waals surface area contributed by atoms with Crippen LogP contribution in [0.5, 0.6) is 0 Å². The smallest absolute Gasteiger partial charge is 0.434 e. The topological polar surface area (TPSA) is 63.0 Å². The molecule has 0 radical (unpaired) electrons. The Morgan fingerprint density at radius 1 is 1.50 bits per heavy atom. The van der Waals surface area contributed by atoms with Gasteiger partial charge in [-0.05, 0) is 5.56 Å². The highest BCUT2D eigenvalue weighted by Gasteiger charge is 2.38. The van der Waals surface area contributed by atoms with Gasteiger partial charge in [0.1, 0.15) is 6.07 Å². The Balaban J connectivity index is 3.51. The van der Waals surface area contributed by atoms with E-state index in [2.05, 4.69) is 9.72 Å². The Bertz CT molecular complexity index is 563. The Labute approximate surface area is 109 Å². The fraction of sp³-hybridized carbons (Fsp3) is 0.364. The van der Waals surface area contributed by atoms with E-state index in [0.29, 0.717) is 6.20 Å². The van der Waals surface area contributed by atoms with Crippen LogP contribution in [0.15, 0.2) is 6.20 Å². The number of nitriles is 1. The van der Waals surface area contributed by atoms with E-state index in [1.54, 1.807) is 0 Å². The summed E-state index contributed by atoms with van der Waals surface area (Å²) in [5.41, 5.74) is -4.62. The van der Waals surface area contributed by atoms with Crippen molar-refractivity contribution in [2.75, 3.05) is 7.11 Å². The van der Waals surface area contributed by atoms with E-state index in [-0.39, 0.29) is 0 Å². The van der Waals surface area contributed by atoms with Crippen molar-refractivity contribution < 1.29 is 31.5 Å². The third kappa shape index (κ3) is 3.20. The van der Waals surface area contributed by atoms with Crippen LogP contribution in [0.2, 0.25) is 0 Å². The molecule has 0 aliphatic rings. The van der Waals surface area contributed by atoms with E-state index in [1.807, 2.05) is 0 Å². The van der Waals surface area contributed by atoms with E-state index >= 15 is 0 Å². The summed E-state index contributed by atoms with van der Waals surface area (Å²) in [7, 11) is 0.993. The van der Waals surface area contributed by atoms with Gasteiger partial charge in [-0.15, -0.1) is 0 Å². The molecule has 0 atom stereocenters. The number of ether oxygens (including phenoxy) is 1. The summed E-state index contributed by atoms with van der Waals surface area (Å²) in [6.45, 7) is 0. The molecule has 0 bridgehead atoms. The summed E-state index contributed by atoms with van der Waals surface area (Å²) in [6.07, 6.45) is -8.59. The molecule has 0 fully saturated rings. The maximum atomic E-state index is 12.9. The molecule has 108 valence electrons. The second-order valence-electron chi connectivity index (χ2n) is 3.58. The second kappa shape index (κ2) is 5.81. The Hall–Kier alpha value is -2.24. The average molecular weight is 294 g/mol. The highest BCUT2D eigenvalue weighted by molar-refractivity contribution is 5.73. The molecule has 0 N–H and O–H groups in total. The van der Waals surface area contributed by atoms with Crippen LogP contribution in [0, 0.1) is 11.3 Å². The number of methoxy groups -OCH3 is 1. The van der Waals surface area contributed by atoms with E-state index in [0.717, 1.165) is 13.2 Å². The molecule has 1 aromatic heterocycles. The first-order chi connectivity index (χ1) is 9.22. The van der Waals surface area contributed by atoms with Crippen molar-refractivity contribution in [1.29, 1.82) is 5.26 Å². The van der Waals surface area contributed by atoms with Crippen molar-refractivity contribution in [3.63, 3.8) is 0 Å². The van der Waals surface area contributed by atoms with Gasteiger partial charge in [0.15, 0.2) is 5.69 Å². The van der Waals surface area contributed by atoms with E-state index in [4.69, 9.17) is 5.26 Å². The van der Waals surface area contributed by atoms with Gasteiger partial charge in [-0.25, -0.2) is 8.78 Å². The average Bonchev–Trinajstić information content (AvgIpc) is 2.35. The number of carbonyl (C=O) groups is 1. The molecule has 4 nitrogen and oxygen atoms in total. The summed E-state index contributed by atoms with van der Waals surface area (Å²) < 4.78 is 67.8. The van der Waals surface area contributed by atoms with Gasteiger partial charge in [-0.3, -0.25) is 9.78 Å². The Kier molecular flexibility index (Phi) is 4.60. The summed E-state index contributed by atoms with van der Waals surface area (Å²) in [5.74, 6) is -0.933. The van der Waals surface area contributed by atoms with Crippen LogP contribution in [0.4, 0.5) is 22.0 Å². The van der Waals surface area contributed by atoms with E-state index < -0.39 is 47.4 Å². The first kappa shape index (κ1) is 15.8. The van der Waals surface area contributed by atoms with E-state index in [1.165, 1.54) is 0 Å². The molecule has 1 heterocycles. The molecular formula is C11H7F5N2O2. The summed E-state index contributed by atoms with van der Waals surface area (Å²) >= 11 is 0. The molecule has 0 aliphatic heterocycles. The SMILES string of the molecule is COC(=O)Cc1cnc(C(F)(F)F)c(C#N)c1C(F)F. The van der Waals surface area contributed by atoms with Gasteiger partial charge < -0.3 is 4.74 Å². The van der Waals surface area contributed by atoms with Gasteiger partial charge in [0.25, 0.3) is 6.43 Å². The summed E-state index contributed by atoms with van der Waals surface area (Å²) in [5, 5.41) is 8.69. The maximum Gasteiger partial charge on any atom is 0.434 e. The van der Waals surface area contributed by atoms with Crippen molar-refractivity contribution in [2.24, 2.45) is 0 Å². The number of aromatic nitrogens is 1. The lowest BCUT2D eigenvalue weighted by Crippen LogP contribution is -2.16. The molecule has 0 unspecified atom stereocenters. The lowest BCUT2D eigenvalue weighted by atomic mass is 10.00. The zero-order chi connectivity index (χ0) is 15.5. The Morgan fingerprint density at radius 3 is 2.50 bits per heavy atom. The predicted octanol–water partition coefficient (Wildman–Crippen LogP) is 2.63. The molecular weight excluding hydrogens is 287 g/mol. The molecule has 0 saturated heterocycles. The number of esters is 1. The van der Waals surface area contributed by atoms with Crippen molar-refractivity contribution in [2.45, 2.75) is 19.0 Å². The second-order valence-corrected chi connectivity index (χ2v) is 3.58. The summed E-state index contributed by atoms with van der Waals surface area (Å²) in [4.78, 5) is 14.0. The molecule has 0 amide bonds. The fourth-order valence-electron chi connectivity index (χ4n) is 1.51. The molecule has 20 heavy (non-hydrogen) atoms. The number of nitrogens with zero attached hydrogens (tertiary/aromatic N) is 2. The number of hydrogen-bond donors (Lipinski definition) is 0. The van der Waals surface area contributed by atoms with Crippen molar-refractivity contribution in [3.8, 4) is 6.07 Å². The first-order valence-corrected chi connectivity index (χ1v) is 5.06. The third-order valence-electron chi connectivity index (χ3n) is 2.36. The largest absolute Gasteiger partial charge is 0.469 e. The Morgan fingerprint density at radius 2 is 2.10 bits per heavy atom. The maximum absolute atomic E-state index is 12.9. The highest BCUT2D eigenvalue weighted by Crippen LogP contribution is 2.36. The predicted molar refractivity (Wildman–Crippen MR) is 54.6 cm³/mol. The normalized spacial score (nSPS) is 11.3. The number of rotatable bonds is 3. The minimum absolute atomic E-state index is 0.476. The van der Waals surface area contributed by atoms with Crippen molar-refractivity contribution >= 4 is 5.97 Å². The number of pyridine rings is 1. The minimum atomic E-state index is -5.04. The lowest BCUT2D eigenvalue weighted by molar-refractivity contribution is -0.141. The molecule has 0 aromatic carbocycles. The molecule has 0 aliphatic carbocycles. The van der Waals surface area contributed by atoms with Crippen molar-refractivity contribution in [3.05, 3.63) is 28.6 Å². The summed E-state index contributed by atoms with van der Waals surface area (Å²) in [6, 6.07) is 1.07. The van der Waals surface area contributed by atoms with Crippen molar-refractivity contribution in [1.82, 2.24) is 4.98 Å². The van der Waals surface area contributed by atoms with Crippen LogP contribution < -0.4 is 0 Å². The first-order valence-electron chi connectivity index (χ1n) is 5.06. The third-order valence-corrected chi connectivity index (χ3v) is 2.36. The molecule has 1 aromatic rings. The van der Waals surface area contributed by atoms with Gasteiger partial charge in [-0.1, -0.05) is 0 Å². The molecule has 9 heteroatoms. The van der Waals surface area contributed by atoms with Crippen LogP contribution in [0.25, 0.3) is 0 Å². The zero-order valence-electron chi connectivity index (χ0n) is 9.96. The van der Waals surface area contributed by atoms with Crippen LogP contribution in [-0.2, 0) is 22.1 Å². The number of hydrogen-bond acceptors (Lipinski definition) is 4. The van der Waals surface area contributed by atoms with Gasteiger partial charge in [0.05, 0.1) is 19.1 Å². The lowest BCUT2D eigenvalue weighted by Gasteiger charge is -2.14. The minimum Gasteiger partial charge on any atom is -0.469 e. The quantitative estimate of drug-likeness (QED) is 0.635. The molecule has 0 saturated carbocycles. The monoisotopic (exact) mass is 294 g/mol.